The molecule has 3 rings (SSSR count). The molecular formula is C19H18O4. The highest BCUT2D eigenvalue weighted by Gasteiger charge is 2.12. The fraction of sp³-hybridized carbons (Fsp3) is 0.158. The van der Waals surface area contributed by atoms with Gasteiger partial charge in [-0.2, -0.15) is 0 Å². The van der Waals surface area contributed by atoms with Crippen molar-refractivity contribution in [2.24, 2.45) is 0 Å². The maximum absolute atomic E-state index is 10.3. The van der Waals surface area contributed by atoms with Crippen molar-refractivity contribution in [3.63, 3.8) is 0 Å². The van der Waals surface area contributed by atoms with E-state index in [9.17, 15) is 5.11 Å². The van der Waals surface area contributed by atoms with E-state index in [2.05, 4.69) is 6.58 Å². The fourth-order valence-electron chi connectivity index (χ4n) is 2.46. The van der Waals surface area contributed by atoms with Gasteiger partial charge in [0.25, 0.3) is 0 Å². The van der Waals surface area contributed by atoms with Gasteiger partial charge < -0.3 is 19.3 Å². The molecular weight excluding hydrogens is 292 g/mol. The highest BCUT2D eigenvalue weighted by atomic mass is 16.7. The number of aromatic hydroxyl groups is 1. The number of fused-ring (bicyclic) bond motifs is 1. The van der Waals surface area contributed by atoms with Gasteiger partial charge >= 0.3 is 0 Å². The maximum Gasteiger partial charge on any atom is 0.231 e. The van der Waals surface area contributed by atoms with Crippen LogP contribution in [0.2, 0.25) is 0 Å². The van der Waals surface area contributed by atoms with E-state index in [1.54, 1.807) is 0 Å². The number of methoxy groups -OCH3 is 1. The average Bonchev–Trinajstić information content (AvgIpc) is 3.03. The van der Waals surface area contributed by atoms with Crippen LogP contribution in [0.25, 0.3) is 12.2 Å². The van der Waals surface area contributed by atoms with E-state index in [4.69, 9.17) is 14.2 Å². The second-order valence-electron chi connectivity index (χ2n) is 5.17. The third kappa shape index (κ3) is 3.16. The van der Waals surface area contributed by atoms with Crippen molar-refractivity contribution >= 4 is 12.2 Å². The Morgan fingerprint density at radius 2 is 2.00 bits per heavy atom. The van der Waals surface area contributed by atoms with Crippen molar-refractivity contribution in [3.05, 3.63) is 59.7 Å². The Hall–Kier alpha value is -2.88. The molecule has 1 heterocycles. The van der Waals surface area contributed by atoms with Crippen molar-refractivity contribution in [2.75, 3.05) is 13.9 Å². The number of benzene rings is 2. The van der Waals surface area contributed by atoms with E-state index >= 15 is 0 Å². The van der Waals surface area contributed by atoms with Gasteiger partial charge in [-0.15, -0.1) is 6.58 Å². The molecule has 1 N–H and O–H groups in total. The summed E-state index contributed by atoms with van der Waals surface area (Å²) < 4.78 is 15.9. The van der Waals surface area contributed by atoms with Crippen molar-refractivity contribution in [2.45, 2.75) is 6.42 Å². The fourth-order valence-corrected chi connectivity index (χ4v) is 2.46. The monoisotopic (exact) mass is 310 g/mol. The van der Waals surface area contributed by atoms with E-state index in [0.29, 0.717) is 17.7 Å². The van der Waals surface area contributed by atoms with E-state index in [0.717, 1.165) is 22.6 Å². The first-order valence-corrected chi connectivity index (χ1v) is 7.30. The summed E-state index contributed by atoms with van der Waals surface area (Å²) >= 11 is 0. The molecule has 4 heteroatoms. The SMILES string of the molecule is C=CCc1cc(C=Cc2ccc3c(c2)OCO3)c(O)c(OC)c1. The molecule has 0 amide bonds. The van der Waals surface area contributed by atoms with Gasteiger partial charge in [-0.3, -0.25) is 0 Å². The Bertz CT molecular complexity index is 762. The van der Waals surface area contributed by atoms with Gasteiger partial charge in [0, 0.05) is 5.56 Å². The average molecular weight is 310 g/mol. The number of allylic oxidation sites excluding steroid dienone is 1. The Balaban J connectivity index is 1.92. The van der Waals surface area contributed by atoms with E-state index in [1.165, 1.54) is 7.11 Å². The van der Waals surface area contributed by atoms with Gasteiger partial charge in [-0.05, 0) is 41.8 Å². The molecule has 0 fully saturated rings. The van der Waals surface area contributed by atoms with Gasteiger partial charge in [-0.1, -0.05) is 24.3 Å². The second kappa shape index (κ2) is 6.48. The summed E-state index contributed by atoms with van der Waals surface area (Å²) in [5.41, 5.74) is 2.68. The highest BCUT2D eigenvalue weighted by Crippen LogP contribution is 2.35. The van der Waals surface area contributed by atoms with E-state index in [-0.39, 0.29) is 12.5 Å². The van der Waals surface area contributed by atoms with Crippen molar-refractivity contribution in [3.8, 4) is 23.0 Å². The Morgan fingerprint density at radius 3 is 2.78 bits per heavy atom. The quantitative estimate of drug-likeness (QED) is 0.669. The molecule has 1 aliphatic rings. The van der Waals surface area contributed by atoms with Gasteiger partial charge in [0.2, 0.25) is 6.79 Å². The Morgan fingerprint density at radius 1 is 1.17 bits per heavy atom. The summed E-state index contributed by atoms with van der Waals surface area (Å²) in [6.45, 7) is 4.00. The summed E-state index contributed by atoms with van der Waals surface area (Å²) in [6.07, 6.45) is 6.29. The number of phenolic OH excluding ortho intramolecular Hbond substituents is 1. The molecule has 1 aliphatic heterocycles. The lowest BCUT2D eigenvalue weighted by molar-refractivity contribution is 0.174. The lowest BCUT2D eigenvalue weighted by atomic mass is 10.0. The largest absolute Gasteiger partial charge is 0.504 e. The molecule has 0 saturated carbocycles. The highest BCUT2D eigenvalue weighted by molar-refractivity contribution is 5.75. The molecule has 0 radical (unpaired) electrons. The number of phenols is 1. The molecule has 2 aromatic carbocycles. The van der Waals surface area contributed by atoms with Crippen LogP contribution in [-0.4, -0.2) is 19.0 Å². The molecule has 0 aromatic heterocycles. The van der Waals surface area contributed by atoms with E-state index < -0.39 is 0 Å². The number of hydrogen-bond acceptors (Lipinski definition) is 4. The van der Waals surface area contributed by atoms with Crippen molar-refractivity contribution in [1.82, 2.24) is 0 Å². The normalized spacial score (nSPS) is 12.6. The molecule has 2 aromatic rings. The smallest absolute Gasteiger partial charge is 0.231 e. The molecule has 0 bridgehead atoms. The topological polar surface area (TPSA) is 47.9 Å². The molecule has 0 spiro atoms. The summed E-state index contributed by atoms with van der Waals surface area (Å²) in [4.78, 5) is 0. The predicted octanol–water partition coefficient (Wildman–Crippen LogP) is 4.03. The van der Waals surface area contributed by atoms with Gasteiger partial charge in [0.15, 0.2) is 23.0 Å². The van der Waals surface area contributed by atoms with Gasteiger partial charge in [0.05, 0.1) is 7.11 Å². The van der Waals surface area contributed by atoms with Crippen molar-refractivity contribution < 1.29 is 19.3 Å². The lowest BCUT2D eigenvalue weighted by Gasteiger charge is -2.09. The molecule has 0 atom stereocenters. The van der Waals surface area contributed by atoms with Crippen LogP contribution >= 0.6 is 0 Å². The molecule has 23 heavy (non-hydrogen) atoms. The van der Waals surface area contributed by atoms with Crippen LogP contribution in [0, 0.1) is 0 Å². The predicted molar refractivity (Wildman–Crippen MR) is 90.1 cm³/mol. The van der Waals surface area contributed by atoms with Gasteiger partial charge in [0.1, 0.15) is 0 Å². The van der Waals surface area contributed by atoms with Crippen LogP contribution in [0.15, 0.2) is 43.0 Å². The zero-order valence-electron chi connectivity index (χ0n) is 12.9. The van der Waals surface area contributed by atoms with Crippen LogP contribution in [0.4, 0.5) is 0 Å². The third-order valence-electron chi connectivity index (χ3n) is 3.62. The molecule has 118 valence electrons. The van der Waals surface area contributed by atoms with Crippen LogP contribution < -0.4 is 14.2 Å². The Labute approximate surface area is 135 Å². The first kappa shape index (κ1) is 15.0. The van der Waals surface area contributed by atoms with Crippen LogP contribution in [0.1, 0.15) is 16.7 Å². The summed E-state index contributed by atoms with van der Waals surface area (Å²) in [6, 6.07) is 9.45. The zero-order valence-corrected chi connectivity index (χ0v) is 12.9. The minimum Gasteiger partial charge on any atom is -0.504 e. The molecule has 0 aliphatic carbocycles. The summed E-state index contributed by atoms with van der Waals surface area (Å²) in [5.74, 6) is 2.06. The zero-order chi connectivity index (χ0) is 16.2. The van der Waals surface area contributed by atoms with Crippen molar-refractivity contribution in [1.29, 1.82) is 0 Å². The van der Waals surface area contributed by atoms with Gasteiger partial charge in [-0.25, -0.2) is 0 Å². The molecule has 0 saturated heterocycles. The first-order chi connectivity index (χ1) is 11.2. The first-order valence-electron chi connectivity index (χ1n) is 7.30. The minimum absolute atomic E-state index is 0.123. The number of rotatable bonds is 5. The van der Waals surface area contributed by atoms with Crippen LogP contribution in [0.3, 0.4) is 0 Å². The maximum atomic E-state index is 10.3. The lowest BCUT2D eigenvalue weighted by Crippen LogP contribution is -1.92. The second-order valence-corrected chi connectivity index (χ2v) is 5.17. The molecule has 0 unspecified atom stereocenters. The minimum atomic E-state index is 0.123. The summed E-state index contributed by atoms with van der Waals surface area (Å²) in [5, 5.41) is 10.3. The Kier molecular flexibility index (Phi) is 4.24. The van der Waals surface area contributed by atoms with E-state index in [1.807, 2.05) is 48.6 Å². The molecule has 4 nitrogen and oxygen atoms in total. The number of ether oxygens (including phenoxy) is 3. The summed E-state index contributed by atoms with van der Waals surface area (Å²) in [7, 11) is 1.54. The third-order valence-corrected chi connectivity index (χ3v) is 3.62. The van der Waals surface area contributed by atoms with Crippen LogP contribution in [-0.2, 0) is 6.42 Å². The van der Waals surface area contributed by atoms with Crippen LogP contribution in [0.5, 0.6) is 23.0 Å². The standard InChI is InChI=1S/C19H18O4/c1-3-4-14-9-15(19(20)18(11-14)21-2)7-5-13-6-8-16-17(10-13)23-12-22-16/h3,5-11,20H,1,4,12H2,2H3. The number of hydrogen-bond donors (Lipinski definition) is 1.